The molecular weight excluding hydrogens is 498 g/mol. The molecule has 6 nitrogen and oxygen atoms in total. The lowest BCUT2D eigenvalue weighted by molar-refractivity contribution is -0.124. The Labute approximate surface area is 194 Å². The van der Waals surface area contributed by atoms with Gasteiger partial charge in [-0.05, 0) is 72.6 Å². The Balaban J connectivity index is 1.68. The molecule has 1 heterocycles. The fraction of sp³-hybridized carbons (Fsp3) is 0.273. The van der Waals surface area contributed by atoms with Gasteiger partial charge in [0.25, 0.3) is 5.91 Å². The smallest absolute Gasteiger partial charge is 0.267 e. The number of amidine groups is 1. The molecule has 0 bridgehead atoms. The molecule has 1 aliphatic heterocycles. The normalized spacial score (nSPS) is 20.7. The summed E-state index contributed by atoms with van der Waals surface area (Å²) in [5, 5.41) is 5.81. The summed E-state index contributed by atoms with van der Waals surface area (Å²) in [4.78, 5) is 20.5. The van der Waals surface area contributed by atoms with Crippen LogP contribution in [0.1, 0.15) is 37.7 Å². The van der Waals surface area contributed by atoms with E-state index in [4.69, 9.17) is 10.1 Å². The minimum Gasteiger partial charge on any atom is -0.283 e. The predicted molar refractivity (Wildman–Crippen MR) is 128 cm³/mol. The second-order valence-corrected chi connectivity index (χ2v) is 11.0. The second kappa shape index (κ2) is 9.28. The molecule has 0 radical (unpaired) electrons. The van der Waals surface area contributed by atoms with Crippen LogP contribution in [-0.4, -0.2) is 30.4 Å². The van der Waals surface area contributed by atoms with E-state index in [1.807, 2.05) is 35.2 Å². The maximum Gasteiger partial charge on any atom is 0.267 e. The molecule has 1 saturated carbocycles. The number of carbonyl (C=O) groups excluding carboxylic acids is 1. The molecule has 1 saturated heterocycles. The number of sulfonamides is 1. The van der Waals surface area contributed by atoms with Crippen LogP contribution in [0.4, 0.5) is 5.69 Å². The Hall–Kier alpha value is -1.94. The lowest BCUT2D eigenvalue weighted by atomic mass is 9.94. The summed E-state index contributed by atoms with van der Waals surface area (Å²) in [5.74, 6) is -0.0280. The van der Waals surface area contributed by atoms with E-state index in [2.05, 4.69) is 15.9 Å². The van der Waals surface area contributed by atoms with Crippen molar-refractivity contribution in [2.24, 2.45) is 10.1 Å². The molecular formula is C22H22BrN3O3S2. The van der Waals surface area contributed by atoms with Crippen LogP contribution in [0.2, 0.25) is 0 Å². The van der Waals surface area contributed by atoms with Crippen LogP contribution in [0.5, 0.6) is 0 Å². The molecule has 31 heavy (non-hydrogen) atoms. The van der Waals surface area contributed by atoms with E-state index in [-0.39, 0.29) is 16.8 Å². The van der Waals surface area contributed by atoms with Gasteiger partial charge in [0.15, 0.2) is 5.17 Å². The highest BCUT2D eigenvalue weighted by molar-refractivity contribution is 9.10. The summed E-state index contributed by atoms with van der Waals surface area (Å²) in [6.45, 7) is 0. The highest BCUT2D eigenvalue weighted by atomic mass is 79.9. The molecule has 2 aliphatic rings. The summed E-state index contributed by atoms with van der Waals surface area (Å²) in [5.41, 5.74) is 1.52. The standard InChI is InChI=1S/C22H22BrN3O3S2/c23-16-8-6-15(7-9-16)14-20-21(27)26(18-4-2-1-3-5-18)22(30-20)25-17-10-12-19(13-11-17)31(24,28)29/h6-14,18H,1-5H2,(H2,24,28,29)/b20-14?,25-22-. The van der Waals surface area contributed by atoms with Gasteiger partial charge >= 0.3 is 0 Å². The molecule has 9 heteroatoms. The van der Waals surface area contributed by atoms with Crippen molar-refractivity contribution in [3.05, 3.63) is 63.5 Å². The molecule has 2 N–H and O–H groups in total. The second-order valence-electron chi connectivity index (χ2n) is 7.56. The van der Waals surface area contributed by atoms with Crippen LogP contribution in [0.3, 0.4) is 0 Å². The maximum atomic E-state index is 13.3. The molecule has 162 valence electrons. The number of halogens is 1. The lowest BCUT2D eigenvalue weighted by Crippen LogP contribution is -2.40. The van der Waals surface area contributed by atoms with Gasteiger partial charge in [-0.3, -0.25) is 9.69 Å². The third-order valence-electron chi connectivity index (χ3n) is 5.33. The zero-order valence-corrected chi connectivity index (χ0v) is 19.9. The number of thioether (sulfide) groups is 1. The largest absolute Gasteiger partial charge is 0.283 e. The number of primary sulfonamides is 1. The van der Waals surface area contributed by atoms with Gasteiger partial charge in [0, 0.05) is 10.5 Å². The van der Waals surface area contributed by atoms with Crippen molar-refractivity contribution >= 4 is 60.6 Å². The number of benzene rings is 2. The van der Waals surface area contributed by atoms with E-state index in [0.717, 1.165) is 35.7 Å². The quantitative estimate of drug-likeness (QED) is 0.573. The third kappa shape index (κ3) is 5.28. The third-order valence-corrected chi connectivity index (χ3v) is 7.78. The van der Waals surface area contributed by atoms with Crippen LogP contribution in [0, 0.1) is 0 Å². The molecule has 1 aliphatic carbocycles. The Morgan fingerprint density at radius 1 is 1.03 bits per heavy atom. The van der Waals surface area contributed by atoms with E-state index in [0.29, 0.717) is 15.8 Å². The Kier molecular flexibility index (Phi) is 6.66. The molecule has 1 amide bonds. The molecule has 0 atom stereocenters. The van der Waals surface area contributed by atoms with Crippen LogP contribution in [0.25, 0.3) is 6.08 Å². The topological polar surface area (TPSA) is 92.8 Å². The Morgan fingerprint density at radius 2 is 1.68 bits per heavy atom. The minimum atomic E-state index is -3.76. The van der Waals surface area contributed by atoms with Gasteiger partial charge in [-0.1, -0.05) is 47.3 Å². The fourth-order valence-electron chi connectivity index (χ4n) is 3.76. The monoisotopic (exact) mass is 519 g/mol. The van der Waals surface area contributed by atoms with Gasteiger partial charge in [-0.25, -0.2) is 18.5 Å². The molecule has 4 rings (SSSR count). The molecule has 2 aromatic carbocycles. The first-order valence-corrected chi connectivity index (χ1v) is 13.2. The number of amides is 1. The van der Waals surface area contributed by atoms with Gasteiger partial charge in [-0.15, -0.1) is 0 Å². The van der Waals surface area contributed by atoms with Gasteiger partial charge in [-0.2, -0.15) is 0 Å². The summed E-state index contributed by atoms with van der Waals surface area (Å²) in [6, 6.07) is 14.0. The van der Waals surface area contributed by atoms with Gasteiger partial charge in [0.05, 0.1) is 15.5 Å². The predicted octanol–water partition coefficient (Wildman–Crippen LogP) is 5.03. The molecule has 0 unspecified atom stereocenters. The first kappa shape index (κ1) is 22.3. The van der Waals surface area contributed by atoms with Crippen molar-refractivity contribution in [3.8, 4) is 0 Å². The Morgan fingerprint density at radius 3 is 2.29 bits per heavy atom. The summed E-state index contributed by atoms with van der Waals surface area (Å²) < 4.78 is 24.0. The number of rotatable bonds is 4. The number of carbonyl (C=O) groups is 1. The van der Waals surface area contributed by atoms with Crippen molar-refractivity contribution in [1.82, 2.24) is 4.90 Å². The van der Waals surface area contributed by atoms with Crippen LogP contribution in [-0.2, 0) is 14.8 Å². The van der Waals surface area contributed by atoms with E-state index >= 15 is 0 Å². The van der Waals surface area contributed by atoms with Crippen molar-refractivity contribution in [1.29, 1.82) is 0 Å². The summed E-state index contributed by atoms with van der Waals surface area (Å²) in [6.07, 6.45) is 7.20. The molecule has 2 aromatic rings. The van der Waals surface area contributed by atoms with Crippen LogP contribution >= 0.6 is 27.7 Å². The molecule has 0 aromatic heterocycles. The SMILES string of the molecule is NS(=O)(=O)c1ccc(/N=C2\SC(=Cc3ccc(Br)cc3)C(=O)N2C2CCCCC2)cc1. The number of hydrogen-bond donors (Lipinski definition) is 1. The highest BCUT2D eigenvalue weighted by Gasteiger charge is 2.38. The average molecular weight is 520 g/mol. The summed E-state index contributed by atoms with van der Waals surface area (Å²) in [7, 11) is -3.76. The van der Waals surface area contributed by atoms with Crippen molar-refractivity contribution in [2.75, 3.05) is 0 Å². The maximum absolute atomic E-state index is 13.3. The van der Waals surface area contributed by atoms with Gasteiger partial charge in [0.2, 0.25) is 10.0 Å². The van der Waals surface area contributed by atoms with Gasteiger partial charge in [0.1, 0.15) is 0 Å². The van der Waals surface area contributed by atoms with E-state index in [1.165, 1.54) is 30.3 Å². The molecule has 0 spiro atoms. The zero-order valence-electron chi connectivity index (χ0n) is 16.7. The number of hydrogen-bond acceptors (Lipinski definition) is 5. The highest BCUT2D eigenvalue weighted by Crippen LogP contribution is 2.38. The van der Waals surface area contributed by atoms with E-state index in [1.54, 1.807) is 12.1 Å². The van der Waals surface area contributed by atoms with Crippen LogP contribution in [0.15, 0.2) is 67.8 Å². The van der Waals surface area contributed by atoms with E-state index < -0.39 is 10.0 Å². The first-order valence-electron chi connectivity index (χ1n) is 10.0. The summed E-state index contributed by atoms with van der Waals surface area (Å²) >= 11 is 4.79. The van der Waals surface area contributed by atoms with E-state index in [9.17, 15) is 13.2 Å². The average Bonchev–Trinajstić information content (AvgIpc) is 3.04. The number of nitrogens with zero attached hydrogens (tertiary/aromatic N) is 2. The van der Waals surface area contributed by atoms with Crippen molar-refractivity contribution in [2.45, 2.75) is 43.0 Å². The van der Waals surface area contributed by atoms with Crippen molar-refractivity contribution in [3.63, 3.8) is 0 Å². The number of nitrogens with two attached hydrogens (primary N) is 1. The van der Waals surface area contributed by atoms with Crippen LogP contribution < -0.4 is 5.14 Å². The minimum absolute atomic E-state index is 0.0280. The zero-order chi connectivity index (χ0) is 22.0. The molecule has 2 fully saturated rings. The van der Waals surface area contributed by atoms with Crippen molar-refractivity contribution < 1.29 is 13.2 Å². The first-order chi connectivity index (χ1) is 14.8. The van der Waals surface area contributed by atoms with Gasteiger partial charge < -0.3 is 0 Å². The fourth-order valence-corrected chi connectivity index (χ4v) is 5.60. The lowest BCUT2D eigenvalue weighted by Gasteiger charge is -2.30. The number of aliphatic imine (C=N–C) groups is 1. The Bertz CT molecular complexity index is 1140.